The molecule has 4 heteroatoms. The normalized spacial score (nSPS) is 10.2. The Kier molecular flexibility index (Phi) is 6.32. The summed E-state index contributed by atoms with van der Waals surface area (Å²) in [5, 5.41) is 12.5. The summed E-state index contributed by atoms with van der Waals surface area (Å²) in [5.74, 6) is -0.164. The zero-order chi connectivity index (χ0) is 7.82. The third-order valence-electron chi connectivity index (χ3n) is 0.767. The quantitative estimate of drug-likeness (QED) is 0.569. The third kappa shape index (κ3) is 5.65. The third-order valence-corrected chi connectivity index (χ3v) is 1.17. The van der Waals surface area contributed by atoms with Crippen LogP contribution in [0.4, 0.5) is 0 Å². The molecule has 0 aliphatic heterocycles. The van der Waals surface area contributed by atoms with Crippen molar-refractivity contribution < 1.29 is 9.90 Å². The van der Waals surface area contributed by atoms with Gasteiger partial charge in [0.1, 0.15) is 0 Å². The van der Waals surface area contributed by atoms with Crippen LogP contribution < -0.4 is 5.32 Å². The number of rotatable bonds is 4. The maximum atomic E-state index is 10.6. The van der Waals surface area contributed by atoms with E-state index in [1.807, 2.05) is 6.26 Å². The Morgan fingerprint density at radius 3 is 3.00 bits per heavy atom. The Balaban J connectivity index is 3.34. The molecular weight excluding hydrogens is 150 g/mol. The van der Waals surface area contributed by atoms with Crippen LogP contribution in [0.2, 0.25) is 0 Å². The van der Waals surface area contributed by atoms with Crippen molar-refractivity contribution in [3.8, 4) is 0 Å². The maximum Gasteiger partial charge on any atom is 0.244 e. The predicted octanol–water partition coefficient (Wildman–Crippen LogP) is -0.0284. The first-order chi connectivity index (χ1) is 4.81. The summed E-state index contributed by atoms with van der Waals surface area (Å²) in [6.45, 7) is 0.302. The molecule has 0 spiro atoms. The number of hydrogen-bond acceptors (Lipinski definition) is 3. The first-order valence-corrected chi connectivity index (χ1v) is 4.18. The molecule has 0 aromatic carbocycles. The van der Waals surface area contributed by atoms with Crippen LogP contribution in [0.25, 0.3) is 0 Å². The number of carbonyl (C=O) groups excluding carboxylic acids is 1. The fourth-order valence-electron chi connectivity index (χ4n) is 0.368. The standard InChI is InChI=1S/C6H11NO2S/c1-10-5-2-6(9)7-3-4-8/h2,5,8H,3-4H2,1H3,(H,7,9)/b5-2+. The predicted molar refractivity (Wildman–Crippen MR) is 42.8 cm³/mol. The summed E-state index contributed by atoms with van der Waals surface area (Å²) in [6, 6.07) is 0. The topological polar surface area (TPSA) is 49.3 Å². The van der Waals surface area contributed by atoms with Gasteiger partial charge < -0.3 is 10.4 Å². The summed E-state index contributed by atoms with van der Waals surface area (Å²) < 4.78 is 0. The number of nitrogens with one attached hydrogen (secondary N) is 1. The van der Waals surface area contributed by atoms with Crippen molar-refractivity contribution in [3.63, 3.8) is 0 Å². The van der Waals surface area contributed by atoms with E-state index in [1.165, 1.54) is 17.8 Å². The van der Waals surface area contributed by atoms with Gasteiger partial charge in [-0.1, -0.05) is 0 Å². The first-order valence-electron chi connectivity index (χ1n) is 2.89. The van der Waals surface area contributed by atoms with Crippen molar-refractivity contribution >= 4 is 17.7 Å². The largest absolute Gasteiger partial charge is 0.395 e. The van der Waals surface area contributed by atoms with E-state index in [4.69, 9.17) is 5.11 Å². The second-order valence-corrected chi connectivity index (χ2v) is 2.30. The molecule has 0 atom stereocenters. The number of carbonyl (C=O) groups is 1. The summed E-state index contributed by atoms with van der Waals surface area (Å²) in [7, 11) is 0. The van der Waals surface area contributed by atoms with E-state index >= 15 is 0 Å². The van der Waals surface area contributed by atoms with Crippen molar-refractivity contribution in [3.05, 3.63) is 11.5 Å². The van der Waals surface area contributed by atoms with Crippen LogP contribution in [0, 0.1) is 0 Å². The molecule has 0 aromatic rings. The van der Waals surface area contributed by atoms with Gasteiger partial charge in [0.05, 0.1) is 6.61 Å². The van der Waals surface area contributed by atoms with E-state index in [0.717, 1.165) is 0 Å². The van der Waals surface area contributed by atoms with Crippen LogP contribution >= 0.6 is 11.8 Å². The molecule has 3 nitrogen and oxygen atoms in total. The lowest BCUT2D eigenvalue weighted by atomic mass is 10.5. The molecular formula is C6H11NO2S. The van der Waals surface area contributed by atoms with Crippen molar-refractivity contribution in [2.24, 2.45) is 0 Å². The highest BCUT2D eigenvalue weighted by molar-refractivity contribution is 8.01. The summed E-state index contributed by atoms with van der Waals surface area (Å²) in [5.41, 5.74) is 0. The first kappa shape index (κ1) is 9.52. The van der Waals surface area contributed by atoms with Gasteiger partial charge in [-0.2, -0.15) is 0 Å². The molecule has 0 radical (unpaired) electrons. The minimum Gasteiger partial charge on any atom is -0.395 e. The highest BCUT2D eigenvalue weighted by Crippen LogP contribution is 1.91. The number of aliphatic hydroxyl groups excluding tert-OH is 1. The molecule has 0 heterocycles. The fourth-order valence-corrected chi connectivity index (χ4v) is 0.628. The van der Waals surface area contributed by atoms with Crippen molar-refractivity contribution in [2.75, 3.05) is 19.4 Å². The number of amides is 1. The molecule has 0 rings (SSSR count). The highest BCUT2D eigenvalue weighted by atomic mass is 32.2. The average Bonchev–Trinajstić information content (AvgIpc) is 1.97. The van der Waals surface area contributed by atoms with Crippen LogP contribution in [-0.2, 0) is 4.79 Å². The summed E-state index contributed by atoms with van der Waals surface area (Å²) in [6.07, 6.45) is 3.30. The molecule has 2 N–H and O–H groups in total. The van der Waals surface area contributed by atoms with Gasteiger partial charge in [-0.15, -0.1) is 11.8 Å². The van der Waals surface area contributed by atoms with Gasteiger partial charge in [-0.3, -0.25) is 4.79 Å². The van der Waals surface area contributed by atoms with Crippen LogP contribution in [-0.4, -0.2) is 30.4 Å². The molecule has 0 aromatic heterocycles. The zero-order valence-corrected chi connectivity index (χ0v) is 6.65. The molecule has 0 aliphatic rings. The Labute approximate surface area is 64.5 Å². The van der Waals surface area contributed by atoms with Gasteiger partial charge in [0.25, 0.3) is 0 Å². The van der Waals surface area contributed by atoms with Crippen LogP contribution in [0.15, 0.2) is 11.5 Å². The van der Waals surface area contributed by atoms with Gasteiger partial charge in [-0.05, 0) is 11.7 Å². The summed E-state index contributed by atoms with van der Waals surface area (Å²) in [4.78, 5) is 10.6. The molecule has 0 aliphatic carbocycles. The molecule has 0 saturated heterocycles. The summed E-state index contributed by atoms with van der Waals surface area (Å²) >= 11 is 1.46. The SMILES string of the molecule is CS/C=C/C(=O)NCCO. The van der Waals surface area contributed by atoms with E-state index in [2.05, 4.69) is 5.32 Å². The van der Waals surface area contributed by atoms with Gasteiger partial charge in [0.15, 0.2) is 0 Å². The second-order valence-electron chi connectivity index (χ2n) is 1.55. The average molecular weight is 161 g/mol. The van der Waals surface area contributed by atoms with Gasteiger partial charge in [-0.25, -0.2) is 0 Å². The molecule has 0 saturated carbocycles. The molecule has 1 amide bonds. The highest BCUT2D eigenvalue weighted by Gasteiger charge is 1.89. The fraction of sp³-hybridized carbons (Fsp3) is 0.500. The van der Waals surface area contributed by atoms with Gasteiger partial charge in [0, 0.05) is 12.6 Å². The molecule has 0 bridgehead atoms. The van der Waals surface area contributed by atoms with E-state index in [-0.39, 0.29) is 12.5 Å². The van der Waals surface area contributed by atoms with Gasteiger partial charge >= 0.3 is 0 Å². The Hall–Kier alpha value is -0.480. The Morgan fingerprint density at radius 1 is 1.80 bits per heavy atom. The second kappa shape index (κ2) is 6.64. The van der Waals surface area contributed by atoms with Gasteiger partial charge in [0.2, 0.25) is 5.91 Å². The van der Waals surface area contributed by atoms with Crippen molar-refractivity contribution in [1.82, 2.24) is 5.32 Å². The van der Waals surface area contributed by atoms with Crippen molar-refractivity contribution in [1.29, 1.82) is 0 Å². The van der Waals surface area contributed by atoms with E-state index in [9.17, 15) is 4.79 Å². The molecule has 58 valence electrons. The van der Waals surface area contributed by atoms with Crippen LogP contribution in [0.5, 0.6) is 0 Å². The minimum atomic E-state index is -0.164. The zero-order valence-electron chi connectivity index (χ0n) is 5.83. The Morgan fingerprint density at radius 2 is 2.50 bits per heavy atom. The lowest BCUT2D eigenvalue weighted by Gasteiger charge is -1.95. The smallest absolute Gasteiger partial charge is 0.244 e. The van der Waals surface area contributed by atoms with Crippen LogP contribution in [0.3, 0.4) is 0 Å². The van der Waals surface area contributed by atoms with E-state index in [0.29, 0.717) is 6.54 Å². The van der Waals surface area contributed by atoms with E-state index < -0.39 is 0 Å². The Bertz CT molecular complexity index is 125. The number of thioether (sulfide) groups is 1. The monoisotopic (exact) mass is 161 g/mol. The number of hydrogen-bond donors (Lipinski definition) is 2. The lowest BCUT2D eigenvalue weighted by molar-refractivity contribution is -0.116. The maximum absolute atomic E-state index is 10.6. The van der Waals surface area contributed by atoms with Crippen molar-refractivity contribution in [2.45, 2.75) is 0 Å². The lowest BCUT2D eigenvalue weighted by Crippen LogP contribution is -2.24. The minimum absolute atomic E-state index is 0.0150. The van der Waals surface area contributed by atoms with Crippen LogP contribution in [0.1, 0.15) is 0 Å². The molecule has 0 fully saturated rings. The number of aliphatic hydroxyl groups is 1. The van der Waals surface area contributed by atoms with E-state index in [1.54, 1.807) is 5.41 Å². The molecule has 0 unspecified atom stereocenters. The molecule has 10 heavy (non-hydrogen) atoms.